The monoisotopic (exact) mass is 282 g/mol. The summed E-state index contributed by atoms with van der Waals surface area (Å²) in [7, 11) is 0. The first-order valence-corrected chi connectivity index (χ1v) is 7.07. The lowest BCUT2D eigenvalue weighted by molar-refractivity contribution is -0.0100. The summed E-state index contributed by atoms with van der Waals surface area (Å²) in [5, 5.41) is 12.9. The van der Waals surface area contributed by atoms with Crippen molar-refractivity contribution >= 4 is 0 Å². The molecule has 2 N–H and O–H groups in total. The van der Waals surface area contributed by atoms with E-state index in [2.05, 4.69) is 10.3 Å². The number of ether oxygens (including phenoxy) is 2. The van der Waals surface area contributed by atoms with Gasteiger partial charge in [-0.2, -0.15) is 0 Å². The predicted molar refractivity (Wildman–Crippen MR) is 78.6 cm³/mol. The molecule has 1 aromatic rings. The van der Waals surface area contributed by atoms with Gasteiger partial charge in [-0.15, -0.1) is 0 Å². The second-order valence-corrected chi connectivity index (χ2v) is 5.09. The van der Waals surface area contributed by atoms with E-state index in [1.807, 2.05) is 39.1 Å². The molecule has 1 unspecified atom stereocenters. The number of nitrogens with one attached hydrogen (secondary N) is 1. The van der Waals surface area contributed by atoms with Crippen LogP contribution in [0.25, 0.3) is 0 Å². The Kier molecular flexibility index (Phi) is 8.37. The number of aliphatic hydroxyl groups excluding tert-OH is 1. The van der Waals surface area contributed by atoms with Crippen LogP contribution in [-0.4, -0.2) is 48.7 Å². The maximum Gasteiger partial charge on any atom is 0.0897 e. The zero-order valence-corrected chi connectivity index (χ0v) is 12.6. The standard InChI is InChI=1S/C15H26N2O3/c1-12(2)20-7-6-19-11-15(18)10-16-8-14-5-4-13(3)17-9-14/h4-5,9,12,15-16,18H,6-8,10-11H2,1-3H3. The van der Waals surface area contributed by atoms with E-state index in [0.717, 1.165) is 11.3 Å². The largest absolute Gasteiger partial charge is 0.389 e. The van der Waals surface area contributed by atoms with Crippen LogP contribution in [0.5, 0.6) is 0 Å². The Morgan fingerprint density at radius 3 is 2.75 bits per heavy atom. The molecular formula is C15H26N2O3. The lowest BCUT2D eigenvalue weighted by atomic mass is 10.2. The molecule has 1 heterocycles. The number of aromatic nitrogens is 1. The lowest BCUT2D eigenvalue weighted by Crippen LogP contribution is -2.30. The van der Waals surface area contributed by atoms with E-state index in [0.29, 0.717) is 32.9 Å². The van der Waals surface area contributed by atoms with Crippen molar-refractivity contribution in [3.63, 3.8) is 0 Å². The van der Waals surface area contributed by atoms with Crippen LogP contribution < -0.4 is 5.32 Å². The summed E-state index contributed by atoms with van der Waals surface area (Å²) in [5.74, 6) is 0. The van der Waals surface area contributed by atoms with Gasteiger partial charge < -0.3 is 19.9 Å². The molecule has 0 aliphatic rings. The molecule has 0 aromatic carbocycles. The highest BCUT2D eigenvalue weighted by molar-refractivity contribution is 5.12. The molecule has 5 nitrogen and oxygen atoms in total. The van der Waals surface area contributed by atoms with Crippen LogP contribution in [0, 0.1) is 6.92 Å². The average molecular weight is 282 g/mol. The Labute approximate surface area is 121 Å². The third-order valence-corrected chi connectivity index (χ3v) is 2.67. The van der Waals surface area contributed by atoms with Gasteiger partial charge in [-0.25, -0.2) is 0 Å². The van der Waals surface area contributed by atoms with Crippen LogP contribution in [-0.2, 0) is 16.0 Å². The summed E-state index contributed by atoms with van der Waals surface area (Å²) in [6, 6.07) is 4.01. The number of nitrogens with zero attached hydrogens (tertiary/aromatic N) is 1. The Morgan fingerprint density at radius 1 is 1.30 bits per heavy atom. The highest BCUT2D eigenvalue weighted by Gasteiger charge is 2.04. The molecule has 20 heavy (non-hydrogen) atoms. The van der Waals surface area contributed by atoms with Crippen molar-refractivity contribution in [2.24, 2.45) is 0 Å². The fourth-order valence-corrected chi connectivity index (χ4v) is 1.61. The predicted octanol–water partition coefficient (Wildman–Crippen LogP) is 1.28. The van der Waals surface area contributed by atoms with Crippen molar-refractivity contribution in [2.75, 3.05) is 26.4 Å². The maximum atomic E-state index is 9.74. The first-order valence-electron chi connectivity index (χ1n) is 7.07. The average Bonchev–Trinajstić information content (AvgIpc) is 2.40. The molecule has 0 saturated carbocycles. The minimum Gasteiger partial charge on any atom is -0.389 e. The van der Waals surface area contributed by atoms with E-state index in [9.17, 15) is 5.11 Å². The highest BCUT2D eigenvalue weighted by Crippen LogP contribution is 1.98. The van der Waals surface area contributed by atoms with Gasteiger partial charge in [0.2, 0.25) is 0 Å². The first-order chi connectivity index (χ1) is 9.58. The zero-order chi connectivity index (χ0) is 14.8. The Balaban J connectivity index is 2.02. The fraction of sp³-hybridized carbons (Fsp3) is 0.667. The molecule has 5 heteroatoms. The zero-order valence-electron chi connectivity index (χ0n) is 12.6. The first kappa shape index (κ1) is 17.0. The molecule has 1 rings (SSSR count). The SMILES string of the molecule is Cc1ccc(CNCC(O)COCCOC(C)C)cn1. The van der Waals surface area contributed by atoms with Crippen LogP contribution in [0.15, 0.2) is 18.3 Å². The molecule has 1 atom stereocenters. The van der Waals surface area contributed by atoms with Gasteiger partial charge in [0.05, 0.1) is 32.0 Å². The third kappa shape index (κ3) is 8.22. The van der Waals surface area contributed by atoms with E-state index in [1.54, 1.807) is 0 Å². The van der Waals surface area contributed by atoms with Gasteiger partial charge in [-0.3, -0.25) is 4.98 Å². The molecule has 1 aromatic heterocycles. The molecule has 114 valence electrons. The van der Waals surface area contributed by atoms with Gasteiger partial charge in [0.25, 0.3) is 0 Å². The minimum atomic E-state index is -0.507. The van der Waals surface area contributed by atoms with E-state index >= 15 is 0 Å². The van der Waals surface area contributed by atoms with Crippen molar-refractivity contribution in [3.05, 3.63) is 29.6 Å². The number of aliphatic hydroxyl groups is 1. The number of pyridine rings is 1. The summed E-state index contributed by atoms with van der Waals surface area (Å²) >= 11 is 0. The molecular weight excluding hydrogens is 256 g/mol. The normalized spacial score (nSPS) is 12.8. The topological polar surface area (TPSA) is 63.6 Å². The van der Waals surface area contributed by atoms with Gasteiger partial charge >= 0.3 is 0 Å². The molecule has 0 bridgehead atoms. The molecule has 0 fully saturated rings. The van der Waals surface area contributed by atoms with Crippen molar-refractivity contribution in [2.45, 2.75) is 39.5 Å². The number of aryl methyl sites for hydroxylation is 1. The van der Waals surface area contributed by atoms with Crippen molar-refractivity contribution in [3.8, 4) is 0 Å². The van der Waals surface area contributed by atoms with E-state index in [1.165, 1.54) is 0 Å². The van der Waals surface area contributed by atoms with E-state index in [-0.39, 0.29) is 6.10 Å². The van der Waals surface area contributed by atoms with Crippen LogP contribution >= 0.6 is 0 Å². The van der Waals surface area contributed by atoms with E-state index < -0.39 is 6.10 Å². The van der Waals surface area contributed by atoms with Gasteiger partial charge in [0.15, 0.2) is 0 Å². The molecule has 0 spiro atoms. The highest BCUT2D eigenvalue weighted by atomic mass is 16.5. The van der Waals surface area contributed by atoms with Crippen LogP contribution in [0.4, 0.5) is 0 Å². The van der Waals surface area contributed by atoms with Crippen LogP contribution in [0.2, 0.25) is 0 Å². The van der Waals surface area contributed by atoms with Gasteiger partial charge in [-0.05, 0) is 32.4 Å². The number of hydrogen-bond acceptors (Lipinski definition) is 5. The summed E-state index contributed by atoms with van der Waals surface area (Å²) in [6.45, 7) is 8.52. The van der Waals surface area contributed by atoms with Gasteiger partial charge in [0, 0.05) is 25.0 Å². The summed E-state index contributed by atoms with van der Waals surface area (Å²) < 4.78 is 10.7. The third-order valence-electron chi connectivity index (χ3n) is 2.67. The number of hydrogen-bond donors (Lipinski definition) is 2. The molecule has 0 radical (unpaired) electrons. The fourth-order valence-electron chi connectivity index (χ4n) is 1.61. The maximum absolute atomic E-state index is 9.74. The lowest BCUT2D eigenvalue weighted by Gasteiger charge is -2.13. The molecule has 0 saturated heterocycles. The summed E-state index contributed by atoms with van der Waals surface area (Å²) in [6.07, 6.45) is 1.55. The van der Waals surface area contributed by atoms with Crippen LogP contribution in [0.3, 0.4) is 0 Å². The van der Waals surface area contributed by atoms with Gasteiger partial charge in [-0.1, -0.05) is 6.07 Å². The molecule has 0 aliphatic heterocycles. The quantitative estimate of drug-likeness (QED) is 0.633. The summed E-state index contributed by atoms with van der Waals surface area (Å²) in [4.78, 5) is 4.22. The minimum absolute atomic E-state index is 0.216. The molecule has 0 aliphatic carbocycles. The van der Waals surface area contributed by atoms with Crippen molar-refractivity contribution in [1.29, 1.82) is 0 Å². The van der Waals surface area contributed by atoms with E-state index in [4.69, 9.17) is 9.47 Å². The Morgan fingerprint density at radius 2 is 2.10 bits per heavy atom. The molecule has 0 amide bonds. The van der Waals surface area contributed by atoms with Crippen LogP contribution in [0.1, 0.15) is 25.1 Å². The van der Waals surface area contributed by atoms with Crippen molar-refractivity contribution < 1.29 is 14.6 Å². The summed E-state index contributed by atoms with van der Waals surface area (Å²) in [5.41, 5.74) is 2.11. The Hall–Kier alpha value is -1.01. The smallest absolute Gasteiger partial charge is 0.0897 e. The van der Waals surface area contributed by atoms with Crippen molar-refractivity contribution in [1.82, 2.24) is 10.3 Å². The van der Waals surface area contributed by atoms with Gasteiger partial charge in [0.1, 0.15) is 0 Å². The number of rotatable bonds is 10. The Bertz CT molecular complexity index is 355. The second kappa shape index (κ2) is 9.83. The second-order valence-electron chi connectivity index (χ2n) is 5.09.